The molecule has 0 radical (unpaired) electrons. The average molecular weight is 767 g/mol. The van der Waals surface area contributed by atoms with Crippen molar-refractivity contribution in [2.45, 2.75) is 248 Å². The first-order valence-corrected chi connectivity index (χ1v) is 23.8. The summed E-state index contributed by atoms with van der Waals surface area (Å²) in [5.74, 6) is 0.0257. The third-order valence-corrected chi connectivity index (χ3v) is 11.4. The van der Waals surface area contributed by atoms with Crippen LogP contribution in [0.2, 0.25) is 0 Å². The Kier molecular flexibility index (Phi) is 37.7. The van der Waals surface area contributed by atoms with Crippen LogP contribution in [-0.2, 0) is 9.53 Å². The first-order valence-electron chi connectivity index (χ1n) is 23.8. The van der Waals surface area contributed by atoms with E-state index in [9.17, 15) is 4.79 Å². The number of unbranched alkanes of at least 4 members (excludes halogenated alkanes) is 25. The van der Waals surface area contributed by atoms with Gasteiger partial charge in [-0.1, -0.05) is 241 Å². The molecule has 1 aliphatic carbocycles. The number of hydrogen-bond acceptors (Lipinski definition) is 3. The lowest BCUT2D eigenvalue weighted by Crippen LogP contribution is -2.19. The molecule has 0 fully saturated rings. The molecule has 1 aliphatic rings. The number of rotatable bonds is 34. The largest absolute Gasteiger partial charge is 0.466 e. The number of carbonyl (C=O) groups is 1. The Morgan fingerprint density at radius 1 is 0.636 bits per heavy atom. The number of carbonyl (C=O) groups excluding carboxylic acids is 1. The van der Waals surface area contributed by atoms with Crippen LogP contribution in [-0.4, -0.2) is 24.3 Å². The SMILES string of the molecule is CC1=C(/C=C/C(C)=C/C=C/C(C)=C/CO)C(C)(C)CCC1.CCCCCCCCCCCCCCCCOC(=O)CCCCCCCCCCCCCCC. The lowest BCUT2D eigenvalue weighted by molar-refractivity contribution is -0.143. The van der Waals surface area contributed by atoms with Gasteiger partial charge in [-0.2, -0.15) is 0 Å². The molecule has 1 rings (SSSR count). The first-order chi connectivity index (χ1) is 26.7. The molecule has 0 saturated carbocycles. The zero-order chi connectivity index (χ0) is 40.7. The average Bonchev–Trinajstić information content (AvgIpc) is 3.15. The van der Waals surface area contributed by atoms with Crippen LogP contribution in [0.1, 0.15) is 248 Å². The molecule has 0 aromatic rings. The minimum absolute atomic E-state index is 0.0257. The quantitative estimate of drug-likeness (QED) is 0.0403. The van der Waals surface area contributed by atoms with E-state index in [-0.39, 0.29) is 12.6 Å². The van der Waals surface area contributed by atoms with E-state index in [4.69, 9.17) is 9.84 Å². The Bertz CT molecular complexity index is 1040. The van der Waals surface area contributed by atoms with E-state index in [1.54, 1.807) is 6.08 Å². The standard InChI is InChI=1S/C32H64O2.C20H30O/c1-3-5-7-9-11-13-15-17-19-21-23-25-27-29-31-34-32(33)30-28-26-24-22-20-18-16-14-12-10-8-6-4-2;1-16(8-6-9-17(2)13-15-21)11-12-19-18(3)10-7-14-20(19,4)5/h3-31H2,1-2H3;6,8-9,11-13,21H,7,10,14-15H2,1-5H3/b;9-6+,12-11+,16-8+,17-13+. The highest BCUT2D eigenvalue weighted by Gasteiger charge is 2.26. The number of allylic oxidation sites excluding steroid dienone is 9. The van der Waals surface area contributed by atoms with Crippen molar-refractivity contribution >= 4 is 5.97 Å². The van der Waals surface area contributed by atoms with Crippen molar-refractivity contribution in [3.8, 4) is 0 Å². The molecule has 55 heavy (non-hydrogen) atoms. The molecule has 0 atom stereocenters. The molecule has 1 N–H and O–H groups in total. The van der Waals surface area contributed by atoms with Gasteiger partial charge in [0.1, 0.15) is 0 Å². The topological polar surface area (TPSA) is 46.5 Å². The third-order valence-electron chi connectivity index (χ3n) is 11.4. The van der Waals surface area contributed by atoms with E-state index in [2.05, 4.69) is 59.8 Å². The Labute approximate surface area is 344 Å². The molecule has 0 saturated heterocycles. The van der Waals surface area contributed by atoms with Gasteiger partial charge in [-0.15, -0.1) is 0 Å². The maximum Gasteiger partial charge on any atom is 0.305 e. The molecule has 320 valence electrons. The Morgan fingerprint density at radius 3 is 1.51 bits per heavy atom. The van der Waals surface area contributed by atoms with Gasteiger partial charge in [0, 0.05) is 6.42 Å². The highest BCUT2D eigenvalue weighted by Crippen LogP contribution is 2.40. The smallest absolute Gasteiger partial charge is 0.305 e. The number of esters is 1. The van der Waals surface area contributed by atoms with Crippen molar-refractivity contribution in [2.75, 3.05) is 13.2 Å². The molecule has 0 heterocycles. The lowest BCUT2D eigenvalue weighted by Gasteiger charge is -2.32. The van der Waals surface area contributed by atoms with Gasteiger partial charge in [0.15, 0.2) is 0 Å². The van der Waals surface area contributed by atoms with E-state index in [1.165, 1.54) is 197 Å². The predicted octanol–water partition coefficient (Wildman–Crippen LogP) is 17.0. The van der Waals surface area contributed by atoms with Crippen LogP contribution in [0.4, 0.5) is 0 Å². The molecule has 0 unspecified atom stereocenters. The second-order valence-electron chi connectivity index (χ2n) is 17.5. The fourth-order valence-corrected chi connectivity index (χ4v) is 7.69. The molecule has 3 nitrogen and oxygen atoms in total. The summed E-state index contributed by atoms with van der Waals surface area (Å²) in [5, 5.41) is 8.81. The minimum Gasteiger partial charge on any atom is -0.466 e. The Hall–Kier alpha value is -1.87. The van der Waals surface area contributed by atoms with Gasteiger partial charge in [0.2, 0.25) is 0 Å². The normalized spacial score (nSPS) is 14.9. The molecule has 0 aliphatic heterocycles. The highest BCUT2D eigenvalue weighted by atomic mass is 16.5. The molecule has 0 aromatic heterocycles. The predicted molar refractivity (Wildman–Crippen MR) is 245 cm³/mol. The van der Waals surface area contributed by atoms with Crippen LogP contribution in [0.3, 0.4) is 0 Å². The van der Waals surface area contributed by atoms with Crippen LogP contribution >= 0.6 is 0 Å². The second kappa shape index (κ2) is 39.0. The molecule has 0 bridgehead atoms. The maximum atomic E-state index is 11.9. The number of ether oxygens (including phenoxy) is 1. The lowest BCUT2D eigenvalue weighted by atomic mass is 9.72. The van der Waals surface area contributed by atoms with Crippen LogP contribution in [0.15, 0.2) is 58.7 Å². The van der Waals surface area contributed by atoms with Crippen LogP contribution < -0.4 is 0 Å². The van der Waals surface area contributed by atoms with Crippen molar-refractivity contribution in [3.63, 3.8) is 0 Å². The number of aliphatic hydroxyl groups is 1. The minimum atomic E-state index is 0.0257. The summed E-state index contributed by atoms with van der Waals surface area (Å²) in [6, 6.07) is 0. The van der Waals surface area contributed by atoms with E-state index < -0.39 is 0 Å². The van der Waals surface area contributed by atoms with Gasteiger partial charge < -0.3 is 9.84 Å². The monoisotopic (exact) mass is 767 g/mol. The van der Waals surface area contributed by atoms with Crippen molar-refractivity contribution in [2.24, 2.45) is 5.41 Å². The zero-order valence-electron chi connectivity index (χ0n) is 38.1. The van der Waals surface area contributed by atoms with Crippen LogP contribution in [0, 0.1) is 5.41 Å². The molecule has 0 aromatic carbocycles. The van der Waals surface area contributed by atoms with E-state index in [0.717, 1.165) is 18.4 Å². The summed E-state index contributed by atoms with van der Waals surface area (Å²) in [6.07, 6.45) is 53.5. The fourth-order valence-electron chi connectivity index (χ4n) is 7.69. The number of hydrogen-bond donors (Lipinski definition) is 1. The molecule has 3 heteroatoms. The van der Waals surface area contributed by atoms with E-state index in [1.807, 2.05) is 19.1 Å². The van der Waals surface area contributed by atoms with Crippen molar-refractivity contribution in [1.29, 1.82) is 0 Å². The Morgan fingerprint density at radius 2 is 1.07 bits per heavy atom. The summed E-state index contributed by atoms with van der Waals surface area (Å²) in [4.78, 5) is 11.9. The maximum absolute atomic E-state index is 11.9. The van der Waals surface area contributed by atoms with Crippen LogP contribution in [0.25, 0.3) is 0 Å². The van der Waals surface area contributed by atoms with Crippen molar-refractivity contribution in [1.82, 2.24) is 0 Å². The third kappa shape index (κ3) is 35.1. The van der Waals surface area contributed by atoms with Gasteiger partial charge in [0.25, 0.3) is 0 Å². The van der Waals surface area contributed by atoms with Crippen molar-refractivity contribution in [3.05, 3.63) is 58.7 Å². The van der Waals surface area contributed by atoms with Crippen molar-refractivity contribution < 1.29 is 14.6 Å². The molecule has 0 spiro atoms. The summed E-state index contributed by atoms with van der Waals surface area (Å²) >= 11 is 0. The van der Waals surface area contributed by atoms with Gasteiger partial charge in [0.05, 0.1) is 13.2 Å². The van der Waals surface area contributed by atoms with E-state index >= 15 is 0 Å². The van der Waals surface area contributed by atoms with Gasteiger partial charge in [-0.3, -0.25) is 4.79 Å². The summed E-state index contributed by atoms with van der Waals surface area (Å²) in [5.41, 5.74) is 5.66. The second-order valence-corrected chi connectivity index (χ2v) is 17.5. The summed E-state index contributed by atoms with van der Waals surface area (Å²) in [6.45, 7) is 16.4. The van der Waals surface area contributed by atoms with Gasteiger partial charge >= 0.3 is 5.97 Å². The highest BCUT2D eigenvalue weighted by molar-refractivity contribution is 5.69. The fraction of sp³-hybridized carbons (Fsp3) is 0.788. The van der Waals surface area contributed by atoms with E-state index in [0.29, 0.717) is 18.4 Å². The first kappa shape index (κ1) is 53.1. The Balaban J connectivity index is 0.00000118. The zero-order valence-corrected chi connectivity index (χ0v) is 38.1. The van der Waals surface area contributed by atoms with Gasteiger partial charge in [-0.05, 0) is 63.9 Å². The molecule has 0 amide bonds. The summed E-state index contributed by atoms with van der Waals surface area (Å²) in [7, 11) is 0. The van der Waals surface area contributed by atoms with Crippen LogP contribution in [0.5, 0.6) is 0 Å². The number of aliphatic hydroxyl groups excluding tert-OH is 1. The van der Waals surface area contributed by atoms with Gasteiger partial charge in [-0.25, -0.2) is 0 Å². The summed E-state index contributed by atoms with van der Waals surface area (Å²) < 4.78 is 5.42. The molecular formula is C52H94O3. The molecular weight excluding hydrogens is 673 g/mol.